The van der Waals surface area contributed by atoms with Crippen molar-refractivity contribution in [1.82, 2.24) is 16.2 Å². The molecular weight excluding hydrogens is 266 g/mol. The fourth-order valence-corrected chi connectivity index (χ4v) is 3.21. The van der Waals surface area contributed by atoms with E-state index in [0.29, 0.717) is 5.11 Å². The van der Waals surface area contributed by atoms with Gasteiger partial charge in [-0.2, -0.15) is 0 Å². The number of carbonyl (C=O) groups excluding carboxylic acids is 1. The molecule has 1 heterocycles. The highest BCUT2D eigenvalue weighted by atomic mass is 32.1. The second-order valence-electron chi connectivity index (χ2n) is 4.57. The molecule has 0 saturated heterocycles. The molecule has 3 N–H and O–H groups in total. The van der Waals surface area contributed by atoms with Crippen molar-refractivity contribution in [2.45, 2.75) is 26.2 Å². The minimum Gasteiger partial charge on any atom is -0.364 e. The topological polar surface area (TPSA) is 53.2 Å². The van der Waals surface area contributed by atoms with Crippen LogP contribution in [0.15, 0.2) is 6.07 Å². The molecule has 6 heteroatoms. The fourth-order valence-electron chi connectivity index (χ4n) is 2.06. The number of hydrazine groups is 1. The average Bonchev–Trinajstić information content (AvgIpc) is 2.78. The standard InChI is InChI=1S/C12H17N3OS2/c1-7-3-4-9-8(5-7)6-10(18-9)11(16)14-15-12(17)13-2/h6-7H,3-5H2,1-2H3,(H,14,16)(H2,13,15,17)/t7-/m0/s1. The van der Waals surface area contributed by atoms with E-state index >= 15 is 0 Å². The van der Waals surface area contributed by atoms with E-state index in [9.17, 15) is 4.79 Å². The number of fused-ring (bicyclic) bond motifs is 1. The fraction of sp³-hybridized carbons (Fsp3) is 0.500. The molecule has 1 atom stereocenters. The molecule has 0 saturated carbocycles. The molecule has 0 spiro atoms. The van der Waals surface area contributed by atoms with Gasteiger partial charge in [-0.1, -0.05) is 6.92 Å². The predicted molar refractivity (Wildman–Crippen MR) is 77.8 cm³/mol. The third-order valence-corrected chi connectivity index (χ3v) is 4.61. The van der Waals surface area contributed by atoms with Crippen molar-refractivity contribution >= 4 is 34.6 Å². The summed E-state index contributed by atoms with van der Waals surface area (Å²) in [6.45, 7) is 2.26. The Bertz CT molecular complexity index is 470. The molecule has 1 aromatic rings. The summed E-state index contributed by atoms with van der Waals surface area (Å²) in [4.78, 5) is 14.0. The number of hydrogen-bond donors (Lipinski definition) is 3. The molecule has 1 aromatic heterocycles. The predicted octanol–water partition coefficient (Wildman–Crippen LogP) is 1.61. The van der Waals surface area contributed by atoms with Gasteiger partial charge in [-0.15, -0.1) is 11.3 Å². The molecule has 4 nitrogen and oxygen atoms in total. The Morgan fingerprint density at radius 2 is 2.28 bits per heavy atom. The zero-order valence-corrected chi connectivity index (χ0v) is 12.1. The molecule has 0 unspecified atom stereocenters. The van der Waals surface area contributed by atoms with Gasteiger partial charge in [0.25, 0.3) is 5.91 Å². The monoisotopic (exact) mass is 283 g/mol. The van der Waals surface area contributed by atoms with Gasteiger partial charge in [0.1, 0.15) is 0 Å². The normalized spacial score (nSPS) is 17.8. The van der Waals surface area contributed by atoms with E-state index in [1.54, 1.807) is 18.4 Å². The van der Waals surface area contributed by atoms with Gasteiger partial charge in [0.15, 0.2) is 5.11 Å². The second-order valence-corrected chi connectivity index (χ2v) is 6.11. The molecule has 0 aromatic carbocycles. The molecule has 0 aliphatic heterocycles. The van der Waals surface area contributed by atoms with Crippen LogP contribution in [0.4, 0.5) is 0 Å². The first-order valence-corrected chi connectivity index (χ1v) is 7.22. The molecular formula is C12H17N3OS2. The smallest absolute Gasteiger partial charge is 0.279 e. The number of nitrogens with one attached hydrogen (secondary N) is 3. The van der Waals surface area contributed by atoms with Gasteiger partial charge in [0.05, 0.1) is 4.88 Å². The first-order valence-electron chi connectivity index (χ1n) is 5.99. The summed E-state index contributed by atoms with van der Waals surface area (Å²) < 4.78 is 0. The van der Waals surface area contributed by atoms with Crippen LogP contribution in [0.1, 0.15) is 33.5 Å². The lowest BCUT2D eigenvalue weighted by molar-refractivity contribution is 0.0948. The van der Waals surface area contributed by atoms with Crippen molar-refractivity contribution in [2.75, 3.05) is 7.05 Å². The lowest BCUT2D eigenvalue weighted by Crippen LogP contribution is -2.45. The molecule has 1 aliphatic carbocycles. The van der Waals surface area contributed by atoms with Crippen LogP contribution in [0.25, 0.3) is 0 Å². The number of carbonyl (C=O) groups is 1. The van der Waals surface area contributed by atoms with Crippen LogP contribution in [-0.2, 0) is 12.8 Å². The van der Waals surface area contributed by atoms with E-state index in [0.717, 1.165) is 23.6 Å². The third-order valence-electron chi connectivity index (χ3n) is 3.07. The zero-order chi connectivity index (χ0) is 13.1. The summed E-state index contributed by atoms with van der Waals surface area (Å²) in [6, 6.07) is 2.01. The number of amides is 1. The maximum Gasteiger partial charge on any atom is 0.279 e. The highest BCUT2D eigenvalue weighted by molar-refractivity contribution is 7.80. The molecule has 1 amide bonds. The molecule has 98 valence electrons. The lowest BCUT2D eigenvalue weighted by Gasteiger charge is -2.16. The third kappa shape index (κ3) is 3.00. The van der Waals surface area contributed by atoms with E-state index in [1.807, 2.05) is 6.07 Å². The highest BCUT2D eigenvalue weighted by Crippen LogP contribution is 2.31. The Labute approximate surface area is 116 Å². The largest absolute Gasteiger partial charge is 0.364 e. The number of aryl methyl sites for hydroxylation is 1. The number of rotatable bonds is 1. The van der Waals surface area contributed by atoms with Crippen LogP contribution >= 0.6 is 23.6 Å². The first-order chi connectivity index (χ1) is 8.60. The minimum atomic E-state index is -0.125. The molecule has 1 aliphatic rings. The van der Waals surface area contributed by atoms with Crippen molar-refractivity contribution in [3.05, 3.63) is 21.4 Å². The molecule has 0 radical (unpaired) electrons. The number of thiocarbonyl (C=S) groups is 1. The van der Waals surface area contributed by atoms with Gasteiger partial charge >= 0.3 is 0 Å². The van der Waals surface area contributed by atoms with Gasteiger partial charge in [-0.3, -0.25) is 15.6 Å². The molecule has 18 heavy (non-hydrogen) atoms. The van der Waals surface area contributed by atoms with Crippen molar-refractivity contribution in [3.63, 3.8) is 0 Å². The highest BCUT2D eigenvalue weighted by Gasteiger charge is 2.20. The number of thiophene rings is 1. The van der Waals surface area contributed by atoms with E-state index in [4.69, 9.17) is 12.2 Å². The maximum atomic E-state index is 11.9. The Balaban J connectivity index is 2.01. The summed E-state index contributed by atoms with van der Waals surface area (Å²) >= 11 is 6.48. The maximum absolute atomic E-state index is 11.9. The van der Waals surface area contributed by atoms with E-state index in [-0.39, 0.29) is 5.91 Å². The minimum absolute atomic E-state index is 0.125. The summed E-state index contributed by atoms with van der Waals surface area (Å²) in [5, 5.41) is 3.14. The van der Waals surface area contributed by atoms with Crippen LogP contribution < -0.4 is 16.2 Å². The van der Waals surface area contributed by atoms with Gasteiger partial charge in [0, 0.05) is 11.9 Å². The molecule has 2 rings (SSSR count). The van der Waals surface area contributed by atoms with Crippen molar-refractivity contribution in [2.24, 2.45) is 5.92 Å². The second kappa shape index (κ2) is 5.67. The van der Waals surface area contributed by atoms with Gasteiger partial charge in [-0.25, -0.2) is 0 Å². The van der Waals surface area contributed by atoms with Crippen molar-refractivity contribution in [1.29, 1.82) is 0 Å². The SMILES string of the molecule is CNC(=S)NNC(=O)c1cc2c(s1)CC[C@H](C)C2. The van der Waals surface area contributed by atoms with Crippen LogP contribution in [-0.4, -0.2) is 18.1 Å². The van der Waals surface area contributed by atoms with Crippen LogP contribution in [0, 0.1) is 5.92 Å². The van der Waals surface area contributed by atoms with Crippen LogP contribution in [0.3, 0.4) is 0 Å². The molecule has 0 fully saturated rings. The average molecular weight is 283 g/mol. The zero-order valence-electron chi connectivity index (χ0n) is 10.5. The van der Waals surface area contributed by atoms with Gasteiger partial charge in [0.2, 0.25) is 0 Å². The Morgan fingerprint density at radius 1 is 1.50 bits per heavy atom. The quantitative estimate of drug-likeness (QED) is 0.541. The van der Waals surface area contributed by atoms with Gasteiger partial charge in [-0.05, 0) is 49.0 Å². The van der Waals surface area contributed by atoms with E-state index in [2.05, 4.69) is 23.1 Å². The Kier molecular flexibility index (Phi) is 4.19. The lowest BCUT2D eigenvalue weighted by atomic mass is 9.90. The number of hydrogen-bond acceptors (Lipinski definition) is 3. The van der Waals surface area contributed by atoms with Crippen LogP contribution in [0.5, 0.6) is 0 Å². The Morgan fingerprint density at radius 3 is 3.00 bits per heavy atom. The van der Waals surface area contributed by atoms with Gasteiger partial charge < -0.3 is 5.32 Å². The van der Waals surface area contributed by atoms with E-state index < -0.39 is 0 Å². The van der Waals surface area contributed by atoms with E-state index in [1.165, 1.54) is 16.9 Å². The Hall–Kier alpha value is -1.14. The molecule has 0 bridgehead atoms. The summed E-state index contributed by atoms with van der Waals surface area (Å²) in [5.41, 5.74) is 6.57. The summed E-state index contributed by atoms with van der Waals surface area (Å²) in [6.07, 6.45) is 3.40. The first kappa shape index (κ1) is 13.3. The summed E-state index contributed by atoms with van der Waals surface area (Å²) in [5.74, 6) is 0.595. The van der Waals surface area contributed by atoms with Crippen molar-refractivity contribution in [3.8, 4) is 0 Å². The summed E-state index contributed by atoms with van der Waals surface area (Å²) in [7, 11) is 1.70. The van der Waals surface area contributed by atoms with Crippen molar-refractivity contribution < 1.29 is 4.79 Å². The van der Waals surface area contributed by atoms with Crippen LogP contribution in [0.2, 0.25) is 0 Å².